The van der Waals surface area contributed by atoms with E-state index in [0.717, 1.165) is 5.56 Å². The lowest BCUT2D eigenvalue weighted by Crippen LogP contribution is -1.94. The van der Waals surface area contributed by atoms with Crippen LogP contribution in [0.1, 0.15) is 0 Å². The number of hydrogen-bond donors (Lipinski definition) is 0. The fourth-order valence-corrected chi connectivity index (χ4v) is 1.74. The van der Waals surface area contributed by atoms with Gasteiger partial charge in [-0.3, -0.25) is 4.98 Å². The molecule has 0 fully saturated rings. The highest BCUT2D eigenvalue weighted by atomic mass is 19.1. The monoisotopic (exact) mass is 217 g/mol. The van der Waals surface area contributed by atoms with Gasteiger partial charge in [-0.25, -0.2) is 4.39 Å². The van der Waals surface area contributed by atoms with Crippen LogP contribution in [0, 0.1) is 5.82 Å². The van der Waals surface area contributed by atoms with Crippen LogP contribution in [-0.4, -0.2) is 11.8 Å². The first-order valence-electron chi connectivity index (χ1n) is 4.85. The topological polar surface area (TPSA) is 31.4 Å². The van der Waals surface area contributed by atoms with E-state index in [2.05, 4.69) is 4.98 Å². The maximum atomic E-state index is 13.8. The molecule has 0 saturated carbocycles. The van der Waals surface area contributed by atoms with Gasteiger partial charge in [0.1, 0.15) is 5.82 Å². The van der Waals surface area contributed by atoms with Crippen LogP contribution in [0.4, 0.5) is 4.39 Å². The van der Waals surface area contributed by atoms with E-state index in [1.165, 1.54) is 6.07 Å². The average molecular weight is 217 g/mol. The van der Waals surface area contributed by atoms with Crippen LogP contribution < -0.4 is 9.47 Å². The van der Waals surface area contributed by atoms with Crippen molar-refractivity contribution in [3.05, 3.63) is 42.5 Å². The summed E-state index contributed by atoms with van der Waals surface area (Å²) in [4.78, 5) is 3.90. The van der Waals surface area contributed by atoms with Crippen molar-refractivity contribution in [3.8, 4) is 22.6 Å². The Balaban J connectivity index is 2.24. The molecule has 80 valence electrons. The van der Waals surface area contributed by atoms with Gasteiger partial charge in [0.15, 0.2) is 11.5 Å². The Morgan fingerprint density at radius 1 is 1.06 bits per heavy atom. The Morgan fingerprint density at radius 3 is 2.69 bits per heavy atom. The Hall–Kier alpha value is -2.10. The maximum Gasteiger partial charge on any atom is 0.231 e. The van der Waals surface area contributed by atoms with Crippen molar-refractivity contribution in [1.29, 1.82) is 0 Å². The highest BCUT2D eigenvalue weighted by Gasteiger charge is 2.21. The van der Waals surface area contributed by atoms with Gasteiger partial charge in [0.2, 0.25) is 6.79 Å². The summed E-state index contributed by atoms with van der Waals surface area (Å²) in [5.74, 6) is 0.717. The van der Waals surface area contributed by atoms with E-state index >= 15 is 0 Å². The van der Waals surface area contributed by atoms with E-state index in [0.29, 0.717) is 17.1 Å². The minimum absolute atomic E-state index is 0.136. The molecule has 4 heteroatoms. The van der Waals surface area contributed by atoms with Crippen molar-refractivity contribution in [2.75, 3.05) is 6.79 Å². The molecule has 1 aromatic carbocycles. The molecule has 0 radical (unpaired) electrons. The van der Waals surface area contributed by atoms with Crippen molar-refractivity contribution < 1.29 is 13.9 Å². The van der Waals surface area contributed by atoms with E-state index in [-0.39, 0.29) is 12.6 Å². The van der Waals surface area contributed by atoms with Crippen molar-refractivity contribution in [3.63, 3.8) is 0 Å². The number of aromatic nitrogens is 1. The number of hydrogen-bond acceptors (Lipinski definition) is 3. The smallest absolute Gasteiger partial charge is 0.231 e. The molecule has 3 nitrogen and oxygen atoms in total. The summed E-state index contributed by atoms with van der Waals surface area (Å²) in [7, 11) is 0. The highest BCUT2D eigenvalue weighted by Crippen LogP contribution is 2.42. The standard InChI is InChI=1S/C12H8FNO2/c13-9-1-2-10-12(16-7-15-10)11(9)8-3-5-14-6-4-8/h1-6H,7H2. The first-order valence-corrected chi connectivity index (χ1v) is 4.85. The fraction of sp³-hybridized carbons (Fsp3) is 0.0833. The molecule has 1 aromatic heterocycles. The molecule has 0 atom stereocenters. The van der Waals surface area contributed by atoms with E-state index in [4.69, 9.17) is 9.47 Å². The SMILES string of the molecule is Fc1ccc2c(c1-c1ccncc1)OCO2. The molecule has 1 aliphatic heterocycles. The van der Waals surface area contributed by atoms with Gasteiger partial charge in [-0.2, -0.15) is 0 Å². The number of nitrogens with zero attached hydrogens (tertiary/aromatic N) is 1. The minimum Gasteiger partial charge on any atom is -0.454 e. The van der Waals surface area contributed by atoms with E-state index in [1.807, 2.05) is 0 Å². The first-order chi connectivity index (χ1) is 7.86. The number of benzene rings is 1. The molecule has 0 spiro atoms. The van der Waals surface area contributed by atoms with E-state index in [9.17, 15) is 4.39 Å². The summed E-state index contributed by atoms with van der Waals surface area (Å²) in [6.07, 6.45) is 3.23. The Bertz CT molecular complexity index is 528. The zero-order valence-electron chi connectivity index (χ0n) is 8.31. The molecule has 0 amide bonds. The van der Waals surface area contributed by atoms with Crippen LogP contribution in [0.2, 0.25) is 0 Å². The lowest BCUT2D eigenvalue weighted by molar-refractivity contribution is 0.174. The Kier molecular flexibility index (Phi) is 1.99. The summed E-state index contributed by atoms with van der Waals surface area (Å²) in [5.41, 5.74) is 1.16. The van der Waals surface area contributed by atoms with Gasteiger partial charge in [0.25, 0.3) is 0 Å². The zero-order valence-corrected chi connectivity index (χ0v) is 8.31. The van der Waals surface area contributed by atoms with Crippen LogP contribution in [0.25, 0.3) is 11.1 Å². The second kappa shape index (κ2) is 3.48. The summed E-state index contributed by atoms with van der Waals surface area (Å²) in [5, 5.41) is 0. The summed E-state index contributed by atoms with van der Waals surface area (Å²) >= 11 is 0. The number of fused-ring (bicyclic) bond motifs is 1. The third-order valence-electron chi connectivity index (χ3n) is 2.46. The van der Waals surface area contributed by atoms with Crippen molar-refractivity contribution >= 4 is 0 Å². The normalized spacial score (nSPS) is 12.8. The van der Waals surface area contributed by atoms with Gasteiger partial charge in [-0.15, -0.1) is 0 Å². The highest BCUT2D eigenvalue weighted by molar-refractivity contribution is 5.74. The second-order valence-electron chi connectivity index (χ2n) is 3.39. The lowest BCUT2D eigenvalue weighted by Gasteiger charge is -2.06. The molecule has 0 unspecified atom stereocenters. The molecule has 16 heavy (non-hydrogen) atoms. The van der Waals surface area contributed by atoms with E-state index in [1.54, 1.807) is 30.6 Å². The summed E-state index contributed by atoms with van der Waals surface area (Å²) < 4.78 is 24.3. The molecule has 1 aliphatic rings. The number of pyridine rings is 1. The largest absolute Gasteiger partial charge is 0.454 e. The molecule has 2 aromatic rings. The molecule has 0 bridgehead atoms. The predicted molar refractivity (Wildman–Crippen MR) is 55.8 cm³/mol. The van der Waals surface area contributed by atoms with Gasteiger partial charge < -0.3 is 9.47 Å². The van der Waals surface area contributed by atoms with Gasteiger partial charge in [0, 0.05) is 12.4 Å². The lowest BCUT2D eigenvalue weighted by atomic mass is 10.0. The molecule has 0 saturated heterocycles. The maximum absolute atomic E-state index is 13.8. The van der Waals surface area contributed by atoms with E-state index < -0.39 is 0 Å². The minimum atomic E-state index is -0.324. The van der Waals surface area contributed by atoms with Gasteiger partial charge >= 0.3 is 0 Å². The number of ether oxygens (including phenoxy) is 2. The third-order valence-corrected chi connectivity index (χ3v) is 2.46. The van der Waals surface area contributed by atoms with Crippen LogP contribution >= 0.6 is 0 Å². The molecular formula is C12H8FNO2. The Labute approximate surface area is 91.5 Å². The molecule has 0 aliphatic carbocycles. The second-order valence-corrected chi connectivity index (χ2v) is 3.39. The van der Waals surface area contributed by atoms with Crippen LogP contribution in [-0.2, 0) is 0 Å². The Morgan fingerprint density at radius 2 is 1.88 bits per heavy atom. The van der Waals surface area contributed by atoms with Crippen molar-refractivity contribution in [2.45, 2.75) is 0 Å². The van der Waals surface area contributed by atoms with Crippen LogP contribution in [0.15, 0.2) is 36.7 Å². The van der Waals surface area contributed by atoms with Crippen LogP contribution in [0.5, 0.6) is 11.5 Å². The van der Waals surface area contributed by atoms with Crippen molar-refractivity contribution in [2.24, 2.45) is 0 Å². The van der Waals surface area contributed by atoms with Gasteiger partial charge in [-0.1, -0.05) is 0 Å². The molecule has 3 rings (SSSR count). The third kappa shape index (κ3) is 1.31. The average Bonchev–Trinajstić information content (AvgIpc) is 2.78. The van der Waals surface area contributed by atoms with Gasteiger partial charge in [-0.05, 0) is 29.8 Å². The summed E-state index contributed by atoms with van der Waals surface area (Å²) in [6.45, 7) is 0.136. The molecule has 2 heterocycles. The fourth-order valence-electron chi connectivity index (χ4n) is 1.74. The van der Waals surface area contributed by atoms with Crippen LogP contribution in [0.3, 0.4) is 0 Å². The first kappa shape index (κ1) is 9.15. The summed E-state index contributed by atoms with van der Waals surface area (Å²) in [6, 6.07) is 6.42. The number of rotatable bonds is 1. The molecule has 0 N–H and O–H groups in total. The van der Waals surface area contributed by atoms with Gasteiger partial charge in [0.05, 0.1) is 5.56 Å². The predicted octanol–water partition coefficient (Wildman–Crippen LogP) is 2.62. The zero-order chi connectivity index (χ0) is 11.0. The van der Waals surface area contributed by atoms with Crippen molar-refractivity contribution in [1.82, 2.24) is 4.98 Å². The quantitative estimate of drug-likeness (QED) is 0.735. The molecular weight excluding hydrogens is 209 g/mol. The number of halogens is 1.